The van der Waals surface area contributed by atoms with Crippen LogP contribution in [0.4, 0.5) is 4.39 Å². The van der Waals surface area contributed by atoms with Crippen LogP contribution in [0.3, 0.4) is 0 Å². The van der Waals surface area contributed by atoms with Crippen molar-refractivity contribution in [2.75, 3.05) is 0 Å². The van der Waals surface area contributed by atoms with Gasteiger partial charge in [-0.2, -0.15) is 0 Å². The van der Waals surface area contributed by atoms with Crippen LogP contribution in [0.1, 0.15) is 0 Å². The van der Waals surface area contributed by atoms with E-state index in [1.54, 1.807) is 18.2 Å². The highest BCUT2D eigenvalue weighted by atomic mass is 19.1. The van der Waals surface area contributed by atoms with Gasteiger partial charge in [0.1, 0.15) is 11.2 Å². The predicted molar refractivity (Wildman–Crippen MR) is 65.7 cm³/mol. The van der Waals surface area contributed by atoms with Crippen LogP contribution in [0.25, 0.3) is 22.4 Å². The largest absolute Gasteiger partial charge is 0.403 e. The van der Waals surface area contributed by atoms with E-state index in [9.17, 15) is 9.18 Å². The summed E-state index contributed by atoms with van der Waals surface area (Å²) in [5.74, 6) is -0.424. The smallest absolute Gasteiger partial charge is 0.350 e. The molecular weight excluding hydrogens is 233 g/mol. The molecular formula is C14H8FNO2. The number of nitrogens with zero attached hydrogens (tertiary/aromatic N) is 1. The van der Waals surface area contributed by atoms with E-state index in [0.717, 1.165) is 0 Å². The van der Waals surface area contributed by atoms with Gasteiger partial charge < -0.3 is 4.42 Å². The maximum atomic E-state index is 13.5. The first-order valence-corrected chi connectivity index (χ1v) is 5.40. The molecule has 0 unspecified atom stereocenters. The zero-order valence-electron chi connectivity index (χ0n) is 9.26. The van der Waals surface area contributed by atoms with Gasteiger partial charge >= 0.3 is 5.63 Å². The average Bonchev–Trinajstić information content (AvgIpc) is 2.39. The number of halogens is 1. The molecule has 1 aromatic heterocycles. The molecule has 0 atom stereocenters. The summed E-state index contributed by atoms with van der Waals surface area (Å²) < 4.78 is 18.5. The summed E-state index contributed by atoms with van der Waals surface area (Å²) in [7, 11) is 0. The van der Waals surface area contributed by atoms with Gasteiger partial charge in [-0.3, -0.25) is 0 Å². The SMILES string of the molecule is O=c1oc(-c2ccccc2)nc2cccc(F)c12. The fourth-order valence-electron chi connectivity index (χ4n) is 1.78. The zero-order chi connectivity index (χ0) is 12.5. The number of benzene rings is 2. The lowest BCUT2D eigenvalue weighted by Crippen LogP contribution is -2.04. The van der Waals surface area contributed by atoms with E-state index in [1.807, 2.05) is 18.2 Å². The van der Waals surface area contributed by atoms with Crippen molar-refractivity contribution in [3.63, 3.8) is 0 Å². The Kier molecular flexibility index (Phi) is 2.41. The lowest BCUT2D eigenvalue weighted by atomic mass is 10.2. The molecule has 2 aromatic carbocycles. The molecule has 0 radical (unpaired) electrons. The molecule has 0 aliphatic carbocycles. The molecule has 0 spiro atoms. The lowest BCUT2D eigenvalue weighted by Gasteiger charge is -2.01. The molecule has 0 aliphatic rings. The molecule has 4 heteroatoms. The molecule has 18 heavy (non-hydrogen) atoms. The van der Waals surface area contributed by atoms with Gasteiger partial charge in [0.05, 0.1) is 5.52 Å². The zero-order valence-corrected chi connectivity index (χ0v) is 9.26. The first-order valence-electron chi connectivity index (χ1n) is 5.40. The van der Waals surface area contributed by atoms with Crippen molar-refractivity contribution in [1.29, 1.82) is 0 Å². The Balaban J connectivity index is 2.33. The predicted octanol–water partition coefficient (Wildman–Crippen LogP) is 2.99. The molecule has 0 fully saturated rings. The number of rotatable bonds is 1. The Morgan fingerprint density at radius 3 is 2.56 bits per heavy atom. The minimum absolute atomic E-state index is 0.114. The highest BCUT2D eigenvalue weighted by Crippen LogP contribution is 2.19. The highest BCUT2D eigenvalue weighted by Gasteiger charge is 2.11. The first-order chi connectivity index (χ1) is 8.75. The number of hydrogen-bond donors (Lipinski definition) is 0. The Morgan fingerprint density at radius 1 is 1.00 bits per heavy atom. The van der Waals surface area contributed by atoms with Crippen molar-refractivity contribution >= 4 is 10.9 Å². The van der Waals surface area contributed by atoms with Crippen molar-refractivity contribution in [2.45, 2.75) is 0 Å². The van der Waals surface area contributed by atoms with Gasteiger partial charge in [0.25, 0.3) is 0 Å². The van der Waals surface area contributed by atoms with Gasteiger partial charge in [-0.25, -0.2) is 14.2 Å². The van der Waals surface area contributed by atoms with Crippen LogP contribution in [0.5, 0.6) is 0 Å². The molecule has 3 aromatic rings. The maximum Gasteiger partial charge on any atom is 0.350 e. The van der Waals surface area contributed by atoms with Crippen molar-refractivity contribution in [3.8, 4) is 11.5 Å². The Labute approximate surface area is 102 Å². The van der Waals surface area contributed by atoms with Crippen LogP contribution < -0.4 is 5.63 Å². The van der Waals surface area contributed by atoms with Crippen molar-refractivity contribution < 1.29 is 8.81 Å². The first kappa shape index (κ1) is 10.7. The Bertz CT molecular complexity index is 766. The Morgan fingerprint density at radius 2 is 1.78 bits per heavy atom. The summed E-state index contributed by atoms with van der Waals surface area (Å²) in [6.07, 6.45) is 0. The minimum atomic E-state index is -0.711. The fraction of sp³-hybridized carbons (Fsp3) is 0. The lowest BCUT2D eigenvalue weighted by molar-refractivity contribution is 0.513. The molecule has 1 heterocycles. The normalized spacial score (nSPS) is 10.7. The van der Waals surface area contributed by atoms with Gasteiger partial charge in [-0.1, -0.05) is 24.3 Å². The van der Waals surface area contributed by atoms with E-state index >= 15 is 0 Å². The molecule has 0 aliphatic heterocycles. The van der Waals surface area contributed by atoms with Gasteiger partial charge in [-0.05, 0) is 24.3 Å². The second-order valence-electron chi connectivity index (χ2n) is 3.81. The summed E-state index contributed by atoms with van der Waals surface area (Å²) in [6, 6.07) is 13.3. The summed E-state index contributed by atoms with van der Waals surface area (Å²) in [6.45, 7) is 0. The summed E-state index contributed by atoms with van der Waals surface area (Å²) in [4.78, 5) is 15.9. The van der Waals surface area contributed by atoms with E-state index in [0.29, 0.717) is 11.1 Å². The summed E-state index contributed by atoms with van der Waals surface area (Å²) in [5, 5.41) is -0.114. The number of fused-ring (bicyclic) bond motifs is 1. The van der Waals surface area contributed by atoms with Crippen LogP contribution in [0.2, 0.25) is 0 Å². The van der Waals surface area contributed by atoms with Crippen molar-refractivity contribution in [1.82, 2.24) is 4.98 Å². The molecule has 88 valence electrons. The van der Waals surface area contributed by atoms with Gasteiger partial charge in [0.2, 0.25) is 5.89 Å². The van der Waals surface area contributed by atoms with E-state index in [1.165, 1.54) is 12.1 Å². The third kappa shape index (κ3) is 1.68. The van der Waals surface area contributed by atoms with Crippen LogP contribution in [0.15, 0.2) is 57.7 Å². The Hall–Kier alpha value is -2.49. The molecule has 3 rings (SSSR count). The minimum Gasteiger partial charge on any atom is -0.403 e. The van der Waals surface area contributed by atoms with Gasteiger partial charge in [-0.15, -0.1) is 0 Å². The number of hydrogen-bond acceptors (Lipinski definition) is 3. The second kappa shape index (κ2) is 4.07. The third-order valence-electron chi connectivity index (χ3n) is 2.63. The quantitative estimate of drug-likeness (QED) is 0.657. The molecule has 0 bridgehead atoms. The van der Waals surface area contributed by atoms with Crippen LogP contribution in [0, 0.1) is 5.82 Å². The summed E-state index contributed by atoms with van der Waals surface area (Å²) >= 11 is 0. The fourth-order valence-corrected chi connectivity index (χ4v) is 1.78. The van der Waals surface area contributed by atoms with Gasteiger partial charge in [0.15, 0.2) is 0 Å². The average molecular weight is 241 g/mol. The molecule has 0 N–H and O–H groups in total. The maximum absolute atomic E-state index is 13.5. The number of aromatic nitrogens is 1. The van der Waals surface area contributed by atoms with Gasteiger partial charge in [0, 0.05) is 5.56 Å². The summed E-state index contributed by atoms with van der Waals surface area (Å²) in [5.41, 5.74) is 0.266. The second-order valence-corrected chi connectivity index (χ2v) is 3.81. The van der Waals surface area contributed by atoms with Crippen LogP contribution >= 0.6 is 0 Å². The van der Waals surface area contributed by atoms with E-state index < -0.39 is 11.4 Å². The van der Waals surface area contributed by atoms with Crippen molar-refractivity contribution in [3.05, 3.63) is 64.8 Å². The third-order valence-corrected chi connectivity index (χ3v) is 2.63. The standard InChI is InChI=1S/C14H8FNO2/c15-10-7-4-8-11-12(10)14(17)18-13(16-11)9-5-2-1-3-6-9/h1-8H. The van der Waals surface area contributed by atoms with E-state index in [4.69, 9.17) is 4.42 Å². The van der Waals surface area contributed by atoms with Crippen LogP contribution in [-0.2, 0) is 0 Å². The van der Waals surface area contributed by atoms with Crippen LogP contribution in [-0.4, -0.2) is 4.98 Å². The molecule has 0 amide bonds. The molecule has 0 saturated carbocycles. The van der Waals surface area contributed by atoms with E-state index in [-0.39, 0.29) is 11.3 Å². The monoisotopic (exact) mass is 241 g/mol. The highest BCUT2D eigenvalue weighted by molar-refractivity contribution is 5.79. The molecule has 3 nitrogen and oxygen atoms in total. The molecule has 0 saturated heterocycles. The van der Waals surface area contributed by atoms with E-state index in [2.05, 4.69) is 4.98 Å². The topological polar surface area (TPSA) is 43.1 Å². The van der Waals surface area contributed by atoms with Crippen molar-refractivity contribution in [2.24, 2.45) is 0 Å².